The van der Waals surface area contributed by atoms with Gasteiger partial charge in [-0.1, -0.05) is 17.7 Å². The number of ether oxygens (including phenoxy) is 2. The second kappa shape index (κ2) is 6.41. The van der Waals surface area contributed by atoms with Gasteiger partial charge in [0.2, 0.25) is 0 Å². The molecule has 1 atom stereocenters. The van der Waals surface area contributed by atoms with Gasteiger partial charge in [0.15, 0.2) is 0 Å². The van der Waals surface area contributed by atoms with Crippen LogP contribution in [0.25, 0.3) is 0 Å². The molecule has 7 heteroatoms. The van der Waals surface area contributed by atoms with Crippen molar-refractivity contribution in [1.29, 1.82) is 0 Å². The summed E-state index contributed by atoms with van der Waals surface area (Å²) in [6, 6.07) is 10.1. The molecule has 24 heavy (non-hydrogen) atoms. The van der Waals surface area contributed by atoms with Crippen molar-refractivity contribution in [2.75, 3.05) is 17.7 Å². The molecule has 1 aliphatic rings. The zero-order chi connectivity index (χ0) is 17.3. The number of benzene rings is 2. The monoisotopic (exact) mass is 346 g/mol. The van der Waals surface area contributed by atoms with E-state index >= 15 is 0 Å². The lowest BCUT2D eigenvalue weighted by Crippen LogP contribution is -2.45. The van der Waals surface area contributed by atoms with E-state index in [2.05, 4.69) is 10.6 Å². The van der Waals surface area contributed by atoms with Gasteiger partial charge in [0.05, 0.1) is 17.8 Å². The summed E-state index contributed by atoms with van der Waals surface area (Å²) in [5, 5.41) is 5.64. The number of methoxy groups -OCH3 is 1. The molecule has 0 saturated carbocycles. The van der Waals surface area contributed by atoms with Crippen LogP contribution in [0.2, 0.25) is 5.02 Å². The first-order chi connectivity index (χ1) is 11.5. The Balaban J connectivity index is 1.77. The van der Waals surface area contributed by atoms with Crippen molar-refractivity contribution in [1.82, 2.24) is 0 Å². The quantitative estimate of drug-likeness (QED) is 0.838. The molecule has 6 nitrogen and oxygen atoms in total. The second-order valence-corrected chi connectivity index (χ2v) is 5.73. The smallest absolute Gasteiger partial charge is 0.275 e. The first-order valence-electron chi connectivity index (χ1n) is 7.20. The minimum absolute atomic E-state index is 0.352. The molecule has 1 aliphatic heterocycles. The predicted molar refractivity (Wildman–Crippen MR) is 90.9 cm³/mol. The summed E-state index contributed by atoms with van der Waals surface area (Å²) in [6.45, 7) is 1.90. The molecular weight excluding hydrogens is 332 g/mol. The Morgan fingerprint density at radius 3 is 2.79 bits per heavy atom. The molecule has 0 radical (unpaired) electrons. The van der Waals surface area contributed by atoms with Gasteiger partial charge in [-0.05, 0) is 42.8 Å². The number of hydrogen-bond donors (Lipinski definition) is 2. The third kappa shape index (κ3) is 3.14. The van der Waals surface area contributed by atoms with E-state index in [9.17, 15) is 9.59 Å². The normalized spacial score (nSPS) is 15.8. The summed E-state index contributed by atoms with van der Waals surface area (Å²) >= 11 is 6.02. The van der Waals surface area contributed by atoms with Crippen molar-refractivity contribution in [3.05, 3.63) is 47.0 Å². The number of anilines is 2. The highest BCUT2D eigenvalue weighted by Crippen LogP contribution is 2.31. The van der Waals surface area contributed by atoms with Crippen LogP contribution in [0.15, 0.2) is 36.4 Å². The average Bonchev–Trinajstić information content (AvgIpc) is 2.54. The molecule has 0 fully saturated rings. The van der Waals surface area contributed by atoms with Gasteiger partial charge in [0, 0.05) is 5.69 Å². The van der Waals surface area contributed by atoms with Crippen LogP contribution in [0, 0.1) is 6.92 Å². The molecule has 2 aromatic carbocycles. The Morgan fingerprint density at radius 2 is 2.08 bits per heavy atom. The van der Waals surface area contributed by atoms with Gasteiger partial charge in [0.25, 0.3) is 17.9 Å². The van der Waals surface area contributed by atoms with E-state index in [1.165, 1.54) is 13.2 Å². The Morgan fingerprint density at radius 1 is 1.29 bits per heavy atom. The lowest BCUT2D eigenvalue weighted by atomic mass is 10.1. The van der Waals surface area contributed by atoms with Crippen molar-refractivity contribution < 1.29 is 19.1 Å². The molecule has 0 spiro atoms. The highest BCUT2D eigenvalue weighted by atomic mass is 35.5. The van der Waals surface area contributed by atoms with Crippen molar-refractivity contribution in [2.45, 2.75) is 13.0 Å². The second-order valence-electron chi connectivity index (χ2n) is 5.33. The number of amides is 2. The van der Waals surface area contributed by atoms with Gasteiger partial charge in [0.1, 0.15) is 11.5 Å². The molecule has 1 heterocycles. The number of fused-ring (bicyclic) bond motifs is 1. The minimum atomic E-state index is -1.28. The third-order valence-electron chi connectivity index (χ3n) is 3.53. The van der Waals surface area contributed by atoms with Crippen molar-refractivity contribution >= 4 is 34.8 Å². The molecule has 0 unspecified atom stereocenters. The van der Waals surface area contributed by atoms with Crippen molar-refractivity contribution in [3.63, 3.8) is 0 Å². The van der Waals surface area contributed by atoms with Gasteiger partial charge in [-0.2, -0.15) is 0 Å². The SMILES string of the molecule is COc1ccc(NC(=O)[C@@H]2Oc3ccc(C)cc3NC2=O)cc1Cl. The minimum Gasteiger partial charge on any atom is -0.495 e. The zero-order valence-corrected chi connectivity index (χ0v) is 13.8. The lowest BCUT2D eigenvalue weighted by molar-refractivity contribution is -0.133. The van der Waals surface area contributed by atoms with E-state index in [4.69, 9.17) is 21.1 Å². The summed E-state index contributed by atoms with van der Waals surface area (Å²) in [5.41, 5.74) is 1.97. The van der Waals surface area contributed by atoms with Crippen LogP contribution in [0.4, 0.5) is 11.4 Å². The summed E-state index contributed by atoms with van der Waals surface area (Å²) in [7, 11) is 1.50. The summed E-state index contributed by atoms with van der Waals surface area (Å²) in [4.78, 5) is 24.5. The molecular formula is C17H15ClN2O4. The fraction of sp³-hybridized carbons (Fsp3) is 0.176. The summed E-state index contributed by atoms with van der Waals surface area (Å²) in [5.74, 6) is -0.163. The highest BCUT2D eigenvalue weighted by Gasteiger charge is 2.34. The molecule has 2 aromatic rings. The van der Waals surface area contributed by atoms with Crippen molar-refractivity contribution in [2.24, 2.45) is 0 Å². The number of hydrogen-bond acceptors (Lipinski definition) is 4. The molecule has 2 amide bonds. The summed E-state index contributed by atoms with van der Waals surface area (Å²) in [6.07, 6.45) is -1.28. The first kappa shape index (κ1) is 16.1. The van der Waals surface area contributed by atoms with Gasteiger partial charge in [-0.25, -0.2) is 0 Å². The van der Waals surface area contributed by atoms with E-state index in [0.29, 0.717) is 27.9 Å². The molecule has 124 valence electrons. The van der Waals surface area contributed by atoms with Gasteiger partial charge in [-0.3, -0.25) is 9.59 Å². The number of rotatable bonds is 3. The topological polar surface area (TPSA) is 76.7 Å². The zero-order valence-electron chi connectivity index (χ0n) is 13.1. The van der Waals surface area contributed by atoms with Gasteiger partial charge < -0.3 is 20.1 Å². The largest absolute Gasteiger partial charge is 0.495 e. The van der Waals surface area contributed by atoms with Gasteiger partial charge in [-0.15, -0.1) is 0 Å². The Bertz CT molecular complexity index is 822. The predicted octanol–water partition coefficient (Wildman–Crippen LogP) is 3.00. The maximum absolute atomic E-state index is 12.3. The van der Waals surface area contributed by atoms with Crippen LogP contribution in [0.1, 0.15) is 5.56 Å². The Labute approximate surface area is 143 Å². The lowest BCUT2D eigenvalue weighted by Gasteiger charge is -2.25. The first-order valence-corrected chi connectivity index (χ1v) is 7.58. The van der Waals surface area contributed by atoms with Crippen molar-refractivity contribution in [3.8, 4) is 11.5 Å². The number of carbonyl (C=O) groups excluding carboxylic acids is 2. The van der Waals surface area contributed by atoms with Crippen LogP contribution in [0.5, 0.6) is 11.5 Å². The fourth-order valence-corrected chi connectivity index (χ4v) is 2.61. The van der Waals surface area contributed by atoms with Crippen LogP contribution >= 0.6 is 11.6 Å². The number of halogens is 1. The van der Waals surface area contributed by atoms with Crippen LogP contribution < -0.4 is 20.1 Å². The van der Waals surface area contributed by atoms with E-state index in [-0.39, 0.29) is 0 Å². The fourth-order valence-electron chi connectivity index (χ4n) is 2.35. The van der Waals surface area contributed by atoms with Crippen LogP contribution in [-0.4, -0.2) is 25.0 Å². The third-order valence-corrected chi connectivity index (χ3v) is 3.83. The van der Waals surface area contributed by atoms with E-state index in [1.54, 1.807) is 24.3 Å². The van der Waals surface area contributed by atoms with E-state index in [1.807, 2.05) is 13.0 Å². The molecule has 0 bridgehead atoms. The maximum Gasteiger partial charge on any atom is 0.275 e. The number of carbonyl (C=O) groups is 2. The molecule has 2 N–H and O–H groups in total. The maximum atomic E-state index is 12.3. The highest BCUT2D eigenvalue weighted by molar-refractivity contribution is 6.32. The molecule has 0 aliphatic carbocycles. The van der Waals surface area contributed by atoms with Crippen LogP contribution in [0.3, 0.4) is 0 Å². The van der Waals surface area contributed by atoms with Crippen LogP contribution in [-0.2, 0) is 9.59 Å². The Hall–Kier alpha value is -2.73. The number of nitrogens with one attached hydrogen (secondary N) is 2. The molecule has 3 rings (SSSR count). The molecule has 0 aromatic heterocycles. The van der Waals surface area contributed by atoms with Gasteiger partial charge >= 0.3 is 0 Å². The standard InChI is InChI=1S/C17H15ClN2O4/c1-9-3-5-14-12(7-9)20-17(22)15(24-14)16(21)19-10-4-6-13(23-2)11(18)8-10/h3-8,15H,1-2H3,(H,19,21)(H,20,22)/t15-/m0/s1. The average molecular weight is 347 g/mol. The number of aryl methyl sites for hydroxylation is 1. The molecule has 0 saturated heterocycles. The van der Waals surface area contributed by atoms with E-state index in [0.717, 1.165) is 5.56 Å². The summed E-state index contributed by atoms with van der Waals surface area (Å²) < 4.78 is 10.6. The van der Waals surface area contributed by atoms with E-state index < -0.39 is 17.9 Å². The Kier molecular flexibility index (Phi) is 4.31.